The van der Waals surface area contributed by atoms with Gasteiger partial charge in [0.15, 0.2) is 11.5 Å². The van der Waals surface area contributed by atoms with Gasteiger partial charge < -0.3 is 14.2 Å². The fraction of sp³-hybridized carbons (Fsp3) is 0.600. The lowest BCUT2D eigenvalue weighted by molar-refractivity contribution is -0.137. The molecule has 0 N–H and O–H groups in total. The van der Waals surface area contributed by atoms with Gasteiger partial charge >= 0.3 is 0 Å². The molecule has 5 heterocycles. The largest absolute Gasteiger partial charge is 0.376 e. The summed E-state index contributed by atoms with van der Waals surface area (Å²) in [7, 11) is 0. The number of rotatable bonds is 7. The van der Waals surface area contributed by atoms with Crippen molar-refractivity contribution in [1.29, 1.82) is 0 Å². The maximum Gasteiger partial charge on any atom is 0.266 e. The number of hydrogen-bond donors (Lipinski definition) is 0. The van der Waals surface area contributed by atoms with E-state index in [2.05, 4.69) is 24.6 Å². The standard InChI is InChI=1S/C30H35F5N8O/c1-16-13-41(27-24-28(43-15-36-39-29(43)38-27)42(18(3)37-24)14-21-5-4-8-44-21)17(2)12-40(16)25(20-10-30(34,35)11-20)19-6-7-23(31)22(9-19)26(32)33/h6-7,9,15-17,20-21,25-26H,4-5,8,10-14H2,1-3H3/t16-,17+,21+,25?/m1/s1. The van der Waals surface area contributed by atoms with Crippen LogP contribution in [0.1, 0.15) is 68.9 Å². The number of nitrogens with zero attached hydrogens (tertiary/aromatic N) is 8. The van der Waals surface area contributed by atoms with Crippen LogP contribution in [0, 0.1) is 18.7 Å². The molecule has 1 saturated carbocycles. The normalized spacial score (nSPS) is 25.4. The highest BCUT2D eigenvalue weighted by Gasteiger charge is 2.51. The molecule has 0 radical (unpaired) electrons. The monoisotopic (exact) mass is 618 g/mol. The molecule has 0 bridgehead atoms. The van der Waals surface area contributed by atoms with Gasteiger partial charge in [-0.2, -0.15) is 4.98 Å². The van der Waals surface area contributed by atoms with Crippen molar-refractivity contribution in [1.82, 2.24) is 34.0 Å². The summed E-state index contributed by atoms with van der Waals surface area (Å²) in [6.07, 6.45) is 0.0216. The predicted octanol–water partition coefficient (Wildman–Crippen LogP) is 5.72. The lowest BCUT2D eigenvalue weighted by Crippen LogP contribution is -2.59. The van der Waals surface area contributed by atoms with Gasteiger partial charge in [0.2, 0.25) is 5.92 Å². The van der Waals surface area contributed by atoms with Gasteiger partial charge in [-0.3, -0.25) is 4.90 Å². The Labute approximate surface area is 251 Å². The second-order valence-corrected chi connectivity index (χ2v) is 12.6. The number of hydrogen-bond acceptors (Lipinski definition) is 7. The van der Waals surface area contributed by atoms with Crippen LogP contribution in [0.25, 0.3) is 16.9 Å². The van der Waals surface area contributed by atoms with Gasteiger partial charge in [-0.25, -0.2) is 31.3 Å². The molecule has 7 rings (SSSR count). The quantitative estimate of drug-likeness (QED) is 0.245. The molecule has 3 aromatic heterocycles. The zero-order valence-corrected chi connectivity index (χ0v) is 24.8. The highest BCUT2D eigenvalue weighted by molar-refractivity contribution is 5.87. The number of alkyl halides is 4. The van der Waals surface area contributed by atoms with E-state index < -0.39 is 35.7 Å². The number of piperazine rings is 1. The first-order valence-corrected chi connectivity index (χ1v) is 15.2. The van der Waals surface area contributed by atoms with Crippen molar-refractivity contribution in [2.75, 3.05) is 24.6 Å². The molecular formula is C30H35F5N8O. The lowest BCUT2D eigenvalue weighted by atomic mass is 9.73. The second-order valence-electron chi connectivity index (χ2n) is 12.6. The van der Waals surface area contributed by atoms with E-state index in [0.29, 0.717) is 42.3 Å². The number of halogens is 5. The van der Waals surface area contributed by atoms with Crippen molar-refractivity contribution in [3.8, 4) is 0 Å². The highest BCUT2D eigenvalue weighted by atomic mass is 19.3. The van der Waals surface area contributed by atoms with Crippen LogP contribution in [-0.4, -0.2) is 77.8 Å². The van der Waals surface area contributed by atoms with Crippen molar-refractivity contribution in [2.45, 2.75) is 89.6 Å². The molecule has 0 spiro atoms. The van der Waals surface area contributed by atoms with Crippen molar-refractivity contribution in [3.63, 3.8) is 0 Å². The topological polar surface area (TPSA) is 76.6 Å². The van der Waals surface area contributed by atoms with E-state index >= 15 is 0 Å². The van der Waals surface area contributed by atoms with E-state index in [0.717, 1.165) is 43.1 Å². The molecule has 0 amide bonds. The van der Waals surface area contributed by atoms with E-state index in [1.54, 1.807) is 6.33 Å². The Morgan fingerprint density at radius 3 is 2.59 bits per heavy atom. The molecule has 4 atom stereocenters. The minimum atomic E-state index is -3.00. The van der Waals surface area contributed by atoms with Crippen molar-refractivity contribution in [2.24, 2.45) is 5.92 Å². The van der Waals surface area contributed by atoms with Gasteiger partial charge in [-0.1, -0.05) is 6.07 Å². The van der Waals surface area contributed by atoms with E-state index in [1.165, 1.54) is 6.07 Å². The predicted molar refractivity (Wildman–Crippen MR) is 153 cm³/mol. The molecule has 14 heteroatoms. The molecular weight excluding hydrogens is 583 g/mol. The summed E-state index contributed by atoms with van der Waals surface area (Å²) < 4.78 is 79.7. The highest BCUT2D eigenvalue weighted by Crippen LogP contribution is 2.51. The van der Waals surface area contributed by atoms with E-state index in [9.17, 15) is 22.0 Å². The molecule has 3 aliphatic rings. The first-order chi connectivity index (χ1) is 21.0. The Bertz CT molecular complexity index is 1680. The summed E-state index contributed by atoms with van der Waals surface area (Å²) in [5, 5.41) is 8.35. The maximum absolute atomic E-state index is 14.2. The third-order valence-corrected chi connectivity index (χ3v) is 9.55. The number of ether oxygens (including phenoxy) is 1. The number of aryl methyl sites for hydroxylation is 1. The van der Waals surface area contributed by atoms with Gasteiger partial charge in [-0.05, 0) is 57.2 Å². The number of aromatic nitrogens is 6. The summed E-state index contributed by atoms with van der Waals surface area (Å²) in [5.41, 5.74) is 1.25. The Hall–Kier alpha value is -3.39. The average Bonchev–Trinajstić information content (AvgIpc) is 3.71. The molecule has 3 fully saturated rings. The molecule has 1 unspecified atom stereocenters. The third-order valence-electron chi connectivity index (χ3n) is 9.55. The third kappa shape index (κ3) is 4.99. The molecule has 2 aliphatic heterocycles. The second kappa shape index (κ2) is 10.9. The van der Waals surface area contributed by atoms with Gasteiger partial charge in [-0.15, -0.1) is 10.2 Å². The first kappa shape index (κ1) is 29.3. The summed E-state index contributed by atoms with van der Waals surface area (Å²) in [5.74, 6) is -2.34. The van der Waals surface area contributed by atoms with E-state index in [1.807, 2.05) is 25.2 Å². The Balaban J connectivity index is 1.24. The van der Waals surface area contributed by atoms with Crippen molar-refractivity contribution < 1.29 is 26.7 Å². The fourth-order valence-electron chi connectivity index (χ4n) is 7.37. The Morgan fingerprint density at radius 2 is 1.89 bits per heavy atom. The molecule has 9 nitrogen and oxygen atoms in total. The molecule has 1 aromatic carbocycles. The summed E-state index contributed by atoms with van der Waals surface area (Å²) in [6.45, 7) is 8.29. The lowest BCUT2D eigenvalue weighted by Gasteiger charge is -2.52. The van der Waals surface area contributed by atoms with Gasteiger partial charge in [0, 0.05) is 50.7 Å². The van der Waals surface area contributed by atoms with Gasteiger partial charge in [0.1, 0.15) is 23.5 Å². The summed E-state index contributed by atoms with van der Waals surface area (Å²) >= 11 is 0. The smallest absolute Gasteiger partial charge is 0.266 e. The van der Waals surface area contributed by atoms with Crippen LogP contribution in [-0.2, 0) is 11.3 Å². The fourth-order valence-corrected chi connectivity index (χ4v) is 7.37. The molecule has 236 valence electrons. The van der Waals surface area contributed by atoms with Crippen molar-refractivity contribution in [3.05, 3.63) is 47.3 Å². The van der Waals surface area contributed by atoms with Crippen molar-refractivity contribution >= 4 is 22.8 Å². The maximum atomic E-state index is 14.2. The average molecular weight is 619 g/mol. The SMILES string of the molecule is Cc1nc2c(N3C[C@@H](C)N(C(c4ccc(F)c(C(F)F)c4)C4CC(F)(F)C4)C[C@@H]3C)nc3nncn3c2n1C[C@@H]1CCCO1. The van der Waals surface area contributed by atoms with Crippen LogP contribution < -0.4 is 4.90 Å². The van der Waals surface area contributed by atoms with Gasteiger partial charge in [0.25, 0.3) is 12.2 Å². The minimum Gasteiger partial charge on any atom is -0.376 e. The summed E-state index contributed by atoms with van der Waals surface area (Å²) in [4.78, 5) is 14.1. The molecule has 2 saturated heterocycles. The minimum absolute atomic E-state index is 0.0876. The number of fused-ring (bicyclic) bond motifs is 3. The first-order valence-electron chi connectivity index (χ1n) is 15.2. The Morgan fingerprint density at radius 1 is 1.09 bits per heavy atom. The number of anilines is 1. The zero-order valence-electron chi connectivity index (χ0n) is 24.8. The van der Waals surface area contributed by atoms with Crippen LogP contribution in [0.15, 0.2) is 24.5 Å². The molecule has 1 aliphatic carbocycles. The van der Waals surface area contributed by atoms with E-state index in [-0.39, 0.29) is 31.0 Å². The van der Waals surface area contributed by atoms with Crippen LogP contribution in [0.4, 0.5) is 27.8 Å². The van der Waals surface area contributed by atoms with E-state index in [4.69, 9.17) is 14.7 Å². The zero-order chi connectivity index (χ0) is 30.9. The van der Waals surface area contributed by atoms with Crippen LogP contribution in [0.3, 0.4) is 0 Å². The Kier molecular flexibility index (Phi) is 7.26. The van der Waals surface area contributed by atoms with Crippen LogP contribution >= 0.6 is 0 Å². The van der Waals surface area contributed by atoms with Crippen LogP contribution in [0.5, 0.6) is 0 Å². The number of benzene rings is 1. The number of imidazole rings is 1. The van der Waals surface area contributed by atoms with Crippen LogP contribution in [0.2, 0.25) is 0 Å². The molecule has 4 aromatic rings. The molecule has 44 heavy (non-hydrogen) atoms. The summed E-state index contributed by atoms with van der Waals surface area (Å²) in [6, 6.07) is 2.75. The van der Waals surface area contributed by atoms with Gasteiger partial charge in [0.05, 0.1) is 18.2 Å².